The zero-order valence-electron chi connectivity index (χ0n) is 16.3. The number of carbonyl (C=O) groups excluding carboxylic acids is 1. The van der Waals surface area contributed by atoms with Gasteiger partial charge in [-0.2, -0.15) is 5.26 Å². The minimum atomic E-state index is -0.262. The standard InChI is InChI=1S/C23H23N3O3/c1-26(16-18-7-3-2-4-8-18)14-13-25-23(27)22-12-11-20(29-22)17-28-21-10-6-5-9-19(21)15-24/h2-12H,13-14,16-17H2,1H3,(H,25,27). The number of amides is 1. The Bertz CT molecular complexity index is 976. The van der Waals surface area contributed by atoms with E-state index in [4.69, 9.17) is 14.4 Å². The monoisotopic (exact) mass is 389 g/mol. The van der Waals surface area contributed by atoms with Gasteiger partial charge in [-0.05, 0) is 36.9 Å². The molecule has 3 aromatic rings. The lowest BCUT2D eigenvalue weighted by atomic mass is 10.2. The van der Waals surface area contributed by atoms with Gasteiger partial charge in [0, 0.05) is 19.6 Å². The number of likely N-dealkylation sites (N-methyl/N-ethyl adjacent to an activating group) is 1. The summed E-state index contributed by atoms with van der Waals surface area (Å²) in [6, 6.07) is 22.6. The highest BCUT2D eigenvalue weighted by atomic mass is 16.5. The van der Waals surface area contributed by atoms with Gasteiger partial charge in [0.15, 0.2) is 5.76 Å². The van der Waals surface area contributed by atoms with E-state index in [1.165, 1.54) is 5.56 Å². The summed E-state index contributed by atoms with van der Waals surface area (Å²) in [7, 11) is 2.01. The van der Waals surface area contributed by atoms with Crippen molar-refractivity contribution in [3.63, 3.8) is 0 Å². The number of furan rings is 1. The van der Waals surface area contributed by atoms with Gasteiger partial charge in [-0.1, -0.05) is 42.5 Å². The van der Waals surface area contributed by atoms with Crippen molar-refractivity contribution in [1.29, 1.82) is 5.26 Å². The molecule has 0 saturated heterocycles. The Morgan fingerprint density at radius 3 is 2.66 bits per heavy atom. The average molecular weight is 389 g/mol. The number of hydrogen-bond donors (Lipinski definition) is 1. The van der Waals surface area contributed by atoms with Gasteiger partial charge in [-0.15, -0.1) is 0 Å². The van der Waals surface area contributed by atoms with E-state index in [2.05, 4.69) is 28.4 Å². The molecule has 6 heteroatoms. The van der Waals surface area contributed by atoms with Crippen molar-refractivity contribution in [2.45, 2.75) is 13.2 Å². The maximum Gasteiger partial charge on any atom is 0.287 e. The van der Waals surface area contributed by atoms with Crippen molar-refractivity contribution in [3.8, 4) is 11.8 Å². The molecule has 1 aromatic heterocycles. The van der Waals surface area contributed by atoms with Crippen LogP contribution in [0.25, 0.3) is 0 Å². The summed E-state index contributed by atoms with van der Waals surface area (Å²) in [5.74, 6) is 0.979. The Morgan fingerprint density at radius 2 is 1.86 bits per heavy atom. The molecule has 0 bridgehead atoms. The van der Waals surface area contributed by atoms with Crippen molar-refractivity contribution in [3.05, 3.63) is 89.4 Å². The molecule has 0 spiro atoms. The molecule has 1 amide bonds. The minimum absolute atomic E-state index is 0.145. The summed E-state index contributed by atoms with van der Waals surface area (Å²) in [5, 5.41) is 11.9. The SMILES string of the molecule is CN(CCNC(=O)c1ccc(COc2ccccc2C#N)o1)Cc1ccccc1. The number of ether oxygens (including phenoxy) is 1. The Kier molecular flexibility index (Phi) is 7.04. The van der Waals surface area contributed by atoms with Gasteiger partial charge < -0.3 is 19.4 Å². The number of para-hydroxylation sites is 1. The molecule has 0 aliphatic carbocycles. The van der Waals surface area contributed by atoms with Crippen LogP contribution in [0.4, 0.5) is 0 Å². The van der Waals surface area contributed by atoms with Crippen LogP contribution >= 0.6 is 0 Å². The first-order chi connectivity index (χ1) is 14.2. The van der Waals surface area contributed by atoms with E-state index in [9.17, 15) is 4.79 Å². The minimum Gasteiger partial charge on any atom is -0.484 e. The van der Waals surface area contributed by atoms with Gasteiger partial charge in [0.25, 0.3) is 5.91 Å². The molecular formula is C23H23N3O3. The Hall–Kier alpha value is -3.56. The van der Waals surface area contributed by atoms with Gasteiger partial charge in [0.1, 0.15) is 24.2 Å². The third-order valence-corrected chi connectivity index (χ3v) is 4.34. The predicted molar refractivity (Wildman–Crippen MR) is 109 cm³/mol. The van der Waals surface area contributed by atoms with Crippen LogP contribution in [0.3, 0.4) is 0 Å². The molecule has 2 aromatic carbocycles. The van der Waals surface area contributed by atoms with Crippen LogP contribution < -0.4 is 10.1 Å². The molecule has 0 aliphatic rings. The fourth-order valence-corrected chi connectivity index (χ4v) is 2.83. The molecule has 6 nitrogen and oxygen atoms in total. The molecule has 29 heavy (non-hydrogen) atoms. The van der Waals surface area contributed by atoms with Crippen LogP contribution in [0, 0.1) is 11.3 Å². The smallest absolute Gasteiger partial charge is 0.287 e. The van der Waals surface area contributed by atoms with Crippen molar-refractivity contribution >= 4 is 5.91 Å². The van der Waals surface area contributed by atoms with Crippen LogP contribution in [-0.4, -0.2) is 30.9 Å². The van der Waals surface area contributed by atoms with E-state index >= 15 is 0 Å². The van der Waals surface area contributed by atoms with Crippen molar-refractivity contribution in [1.82, 2.24) is 10.2 Å². The molecule has 1 heterocycles. The van der Waals surface area contributed by atoms with Gasteiger partial charge in [-0.3, -0.25) is 4.79 Å². The predicted octanol–water partition coefficient (Wildman–Crippen LogP) is 3.59. The van der Waals surface area contributed by atoms with E-state index in [0.717, 1.165) is 13.1 Å². The fourth-order valence-electron chi connectivity index (χ4n) is 2.83. The number of nitriles is 1. The highest BCUT2D eigenvalue weighted by molar-refractivity contribution is 5.91. The summed E-state index contributed by atoms with van der Waals surface area (Å²) in [6.45, 7) is 2.21. The van der Waals surface area contributed by atoms with Crippen molar-refractivity contribution < 1.29 is 13.9 Å². The normalized spacial score (nSPS) is 10.5. The number of benzene rings is 2. The van der Waals surface area contributed by atoms with Crippen molar-refractivity contribution in [2.75, 3.05) is 20.1 Å². The van der Waals surface area contributed by atoms with E-state index in [1.807, 2.05) is 25.2 Å². The number of rotatable bonds is 9. The number of carbonyl (C=O) groups is 1. The van der Waals surface area contributed by atoms with Gasteiger partial charge in [0.2, 0.25) is 0 Å². The molecule has 0 atom stereocenters. The zero-order valence-corrected chi connectivity index (χ0v) is 16.3. The second-order valence-corrected chi connectivity index (χ2v) is 6.64. The largest absolute Gasteiger partial charge is 0.484 e. The summed E-state index contributed by atoms with van der Waals surface area (Å²) in [5.41, 5.74) is 1.69. The molecule has 0 radical (unpaired) electrons. The molecule has 0 unspecified atom stereocenters. The Balaban J connectivity index is 1.44. The first-order valence-corrected chi connectivity index (χ1v) is 9.37. The van der Waals surface area contributed by atoms with Crippen LogP contribution in [0.15, 0.2) is 71.1 Å². The first-order valence-electron chi connectivity index (χ1n) is 9.37. The fraction of sp³-hybridized carbons (Fsp3) is 0.217. The maximum atomic E-state index is 12.3. The number of nitrogens with one attached hydrogen (secondary N) is 1. The van der Waals surface area contributed by atoms with Crippen molar-refractivity contribution in [2.24, 2.45) is 0 Å². The average Bonchev–Trinajstić information content (AvgIpc) is 3.22. The Morgan fingerprint density at radius 1 is 1.10 bits per heavy atom. The van der Waals surface area contributed by atoms with Gasteiger partial charge in [-0.25, -0.2) is 0 Å². The maximum absolute atomic E-state index is 12.3. The third-order valence-electron chi connectivity index (χ3n) is 4.34. The molecule has 1 N–H and O–H groups in total. The topological polar surface area (TPSA) is 78.5 Å². The lowest BCUT2D eigenvalue weighted by Gasteiger charge is -2.16. The van der Waals surface area contributed by atoms with Crippen LogP contribution in [-0.2, 0) is 13.2 Å². The lowest BCUT2D eigenvalue weighted by Crippen LogP contribution is -2.32. The highest BCUT2D eigenvalue weighted by Crippen LogP contribution is 2.19. The van der Waals surface area contributed by atoms with E-state index in [1.54, 1.807) is 36.4 Å². The molecule has 148 valence electrons. The van der Waals surface area contributed by atoms with E-state index in [-0.39, 0.29) is 18.3 Å². The van der Waals surface area contributed by atoms with Gasteiger partial charge in [0.05, 0.1) is 5.56 Å². The third kappa shape index (κ3) is 5.96. The quantitative estimate of drug-likeness (QED) is 0.605. The molecular weight excluding hydrogens is 366 g/mol. The van der Waals surface area contributed by atoms with Crippen LogP contribution in [0.1, 0.15) is 27.4 Å². The molecule has 3 rings (SSSR count). The summed E-state index contributed by atoms with van der Waals surface area (Å²) in [6.07, 6.45) is 0. The first kappa shape index (κ1) is 20.2. The summed E-state index contributed by atoms with van der Waals surface area (Å²) in [4.78, 5) is 14.4. The van der Waals surface area contributed by atoms with E-state index in [0.29, 0.717) is 23.6 Å². The number of nitrogens with zero attached hydrogens (tertiary/aromatic N) is 2. The summed E-state index contributed by atoms with van der Waals surface area (Å²) < 4.78 is 11.2. The lowest BCUT2D eigenvalue weighted by molar-refractivity contribution is 0.0918. The second kappa shape index (κ2) is 10.1. The van der Waals surface area contributed by atoms with Gasteiger partial charge >= 0.3 is 0 Å². The number of hydrogen-bond acceptors (Lipinski definition) is 5. The van der Waals surface area contributed by atoms with Crippen LogP contribution in [0.2, 0.25) is 0 Å². The highest BCUT2D eigenvalue weighted by Gasteiger charge is 2.12. The summed E-state index contributed by atoms with van der Waals surface area (Å²) >= 11 is 0. The Labute approximate surface area is 170 Å². The molecule has 0 saturated carbocycles. The van der Waals surface area contributed by atoms with Crippen LogP contribution in [0.5, 0.6) is 5.75 Å². The van der Waals surface area contributed by atoms with E-state index < -0.39 is 0 Å². The zero-order chi connectivity index (χ0) is 20.5. The molecule has 0 aliphatic heterocycles. The second-order valence-electron chi connectivity index (χ2n) is 6.64. The molecule has 0 fully saturated rings.